The van der Waals surface area contributed by atoms with Crippen molar-refractivity contribution >= 4 is 34.4 Å². The normalized spacial score (nSPS) is 17.7. The number of amides is 2. The molecule has 1 aromatic heterocycles. The summed E-state index contributed by atoms with van der Waals surface area (Å²) in [5, 5.41) is 11.3. The lowest BCUT2D eigenvalue weighted by Gasteiger charge is -2.20. The fraction of sp³-hybridized carbons (Fsp3) is 0.273. The van der Waals surface area contributed by atoms with Crippen LogP contribution in [0.3, 0.4) is 0 Å². The number of hydrogen-bond donors (Lipinski definition) is 1. The zero-order valence-electron chi connectivity index (χ0n) is 16.8. The summed E-state index contributed by atoms with van der Waals surface area (Å²) in [5.74, 6) is 0.625. The molecule has 3 aromatic rings. The number of aromatic amines is 1. The van der Waals surface area contributed by atoms with Crippen LogP contribution in [0.5, 0.6) is 5.75 Å². The number of carbonyl (C=O) groups is 2. The van der Waals surface area contributed by atoms with Crippen molar-refractivity contribution in [2.24, 2.45) is 5.92 Å². The highest BCUT2D eigenvalue weighted by molar-refractivity contribution is 6.31. The van der Waals surface area contributed by atoms with Gasteiger partial charge in [-0.1, -0.05) is 11.6 Å². The number of H-pyrrole nitrogens is 1. The van der Waals surface area contributed by atoms with Crippen LogP contribution in [0, 0.1) is 12.8 Å². The van der Waals surface area contributed by atoms with Crippen molar-refractivity contribution in [2.75, 3.05) is 26.2 Å². The standard InChI is InChI=1S/C22H20ClN5O3/c1-13-6-17(3-4-18(13)23)31-12-21(29)27-8-15-10-28(11-16(15)9-27)22(30)14-2-5-19-20(7-14)25-26-24-19/h2-7,10,16H,8-9,11-12H2,1H3,(H,24,25,26)/t16-/m0/s1. The van der Waals surface area contributed by atoms with Gasteiger partial charge in [0.05, 0.1) is 0 Å². The van der Waals surface area contributed by atoms with E-state index < -0.39 is 0 Å². The van der Waals surface area contributed by atoms with Crippen molar-refractivity contribution in [2.45, 2.75) is 6.92 Å². The fourth-order valence-corrected chi connectivity index (χ4v) is 4.14. The number of ether oxygens (including phenoxy) is 1. The summed E-state index contributed by atoms with van der Waals surface area (Å²) in [5.41, 5.74) is 3.94. The first-order chi connectivity index (χ1) is 15.0. The number of hydrogen-bond acceptors (Lipinski definition) is 5. The zero-order valence-corrected chi connectivity index (χ0v) is 17.6. The number of carbonyl (C=O) groups excluding carboxylic acids is 2. The van der Waals surface area contributed by atoms with Crippen LogP contribution in [-0.2, 0) is 4.79 Å². The van der Waals surface area contributed by atoms with Gasteiger partial charge in [-0.05, 0) is 54.5 Å². The Balaban J connectivity index is 1.20. The van der Waals surface area contributed by atoms with Gasteiger partial charge in [-0.15, -0.1) is 0 Å². The van der Waals surface area contributed by atoms with Gasteiger partial charge >= 0.3 is 0 Å². The number of nitrogens with zero attached hydrogens (tertiary/aromatic N) is 4. The van der Waals surface area contributed by atoms with Crippen LogP contribution in [0.2, 0.25) is 5.02 Å². The van der Waals surface area contributed by atoms with E-state index in [1.54, 1.807) is 40.1 Å². The molecule has 0 bridgehead atoms. The summed E-state index contributed by atoms with van der Waals surface area (Å²) >= 11 is 6.02. The first-order valence-electron chi connectivity index (χ1n) is 9.97. The average molecular weight is 438 g/mol. The van der Waals surface area contributed by atoms with Crippen LogP contribution in [0.1, 0.15) is 15.9 Å². The van der Waals surface area contributed by atoms with Crippen LogP contribution in [0.25, 0.3) is 11.0 Å². The number of rotatable bonds is 4. The van der Waals surface area contributed by atoms with Crippen molar-refractivity contribution < 1.29 is 14.3 Å². The Bertz CT molecular complexity index is 1220. The third-order valence-electron chi connectivity index (χ3n) is 5.75. The molecular formula is C22H20ClN5O3. The molecule has 5 rings (SSSR count). The summed E-state index contributed by atoms with van der Waals surface area (Å²) in [6, 6.07) is 10.6. The predicted molar refractivity (Wildman–Crippen MR) is 115 cm³/mol. The highest BCUT2D eigenvalue weighted by Gasteiger charge is 2.37. The molecule has 2 aliphatic heterocycles. The van der Waals surface area contributed by atoms with Crippen molar-refractivity contribution in [1.29, 1.82) is 0 Å². The first-order valence-corrected chi connectivity index (χ1v) is 10.3. The van der Waals surface area contributed by atoms with E-state index in [4.69, 9.17) is 16.3 Å². The molecule has 3 heterocycles. The second kappa shape index (κ2) is 7.70. The summed E-state index contributed by atoms with van der Waals surface area (Å²) in [4.78, 5) is 29.0. The molecule has 0 aliphatic carbocycles. The maximum atomic E-state index is 12.9. The van der Waals surface area contributed by atoms with Gasteiger partial charge in [0.2, 0.25) is 0 Å². The molecule has 2 amide bonds. The zero-order chi connectivity index (χ0) is 21.5. The highest BCUT2D eigenvalue weighted by atomic mass is 35.5. The minimum atomic E-state index is -0.0777. The van der Waals surface area contributed by atoms with Gasteiger partial charge < -0.3 is 14.5 Å². The molecule has 1 fully saturated rings. The van der Waals surface area contributed by atoms with E-state index >= 15 is 0 Å². The van der Waals surface area contributed by atoms with Gasteiger partial charge in [-0.2, -0.15) is 15.4 Å². The second-order valence-electron chi connectivity index (χ2n) is 7.86. The largest absolute Gasteiger partial charge is 0.484 e. The summed E-state index contributed by atoms with van der Waals surface area (Å²) in [6.07, 6.45) is 1.87. The second-order valence-corrected chi connectivity index (χ2v) is 8.27. The maximum absolute atomic E-state index is 12.9. The van der Waals surface area contributed by atoms with E-state index in [1.807, 2.05) is 19.2 Å². The molecular weight excluding hydrogens is 418 g/mol. The molecule has 0 radical (unpaired) electrons. The Morgan fingerprint density at radius 2 is 2.00 bits per heavy atom. The molecule has 158 valence electrons. The lowest BCUT2D eigenvalue weighted by molar-refractivity contribution is -0.132. The summed E-state index contributed by atoms with van der Waals surface area (Å²) in [6.45, 7) is 3.52. The van der Waals surface area contributed by atoms with Gasteiger partial charge in [-0.3, -0.25) is 9.59 Å². The molecule has 0 unspecified atom stereocenters. The molecule has 2 aliphatic rings. The van der Waals surface area contributed by atoms with E-state index in [0.717, 1.165) is 16.7 Å². The third kappa shape index (κ3) is 3.74. The van der Waals surface area contributed by atoms with Crippen LogP contribution in [0.4, 0.5) is 0 Å². The molecule has 31 heavy (non-hydrogen) atoms. The van der Waals surface area contributed by atoms with Gasteiger partial charge in [0, 0.05) is 42.3 Å². The number of aromatic nitrogens is 3. The predicted octanol–water partition coefficient (Wildman–Crippen LogP) is 2.80. The van der Waals surface area contributed by atoms with Gasteiger partial charge in [-0.25, -0.2) is 0 Å². The number of halogens is 1. The van der Waals surface area contributed by atoms with Crippen LogP contribution >= 0.6 is 11.6 Å². The summed E-state index contributed by atoms with van der Waals surface area (Å²) in [7, 11) is 0. The van der Waals surface area contributed by atoms with E-state index in [-0.39, 0.29) is 24.3 Å². The molecule has 8 nitrogen and oxygen atoms in total. The van der Waals surface area contributed by atoms with Crippen LogP contribution in [-0.4, -0.2) is 63.3 Å². The Hall–Kier alpha value is -3.39. The molecule has 9 heteroatoms. The molecule has 1 saturated heterocycles. The number of aryl methyl sites for hydroxylation is 1. The topological polar surface area (TPSA) is 91.4 Å². The quantitative estimate of drug-likeness (QED) is 0.677. The van der Waals surface area contributed by atoms with Gasteiger partial charge in [0.15, 0.2) is 6.61 Å². The average Bonchev–Trinajstić information content (AvgIpc) is 3.47. The van der Waals surface area contributed by atoms with E-state index in [0.29, 0.717) is 41.5 Å². The summed E-state index contributed by atoms with van der Waals surface area (Å²) < 4.78 is 5.64. The van der Waals surface area contributed by atoms with Crippen molar-refractivity contribution in [3.63, 3.8) is 0 Å². The van der Waals surface area contributed by atoms with Crippen molar-refractivity contribution in [3.05, 3.63) is 64.3 Å². The van der Waals surface area contributed by atoms with E-state index in [1.165, 1.54) is 0 Å². The van der Waals surface area contributed by atoms with Crippen LogP contribution < -0.4 is 4.74 Å². The number of nitrogens with one attached hydrogen (secondary N) is 1. The van der Waals surface area contributed by atoms with E-state index in [2.05, 4.69) is 15.4 Å². The molecule has 0 spiro atoms. The van der Waals surface area contributed by atoms with Crippen LogP contribution in [0.15, 0.2) is 48.2 Å². The van der Waals surface area contributed by atoms with Crippen molar-refractivity contribution in [3.8, 4) is 5.75 Å². The lowest BCUT2D eigenvalue weighted by atomic mass is 10.1. The smallest absolute Gasteiger partial charge is 0.260 e. The van der Waals surface area contributed by atoms with Gasteiger partial charge in [0.1, 0.15) is 16.8 Å². The monoisotopic (exact) mass is 437 g/mol. The number of fused-ring (bicyclic) bond motifs is 2. The first kappa shape index (κ1) is 19.6. The number of benzene rings is 2. The minimum absolute atomic E-state index is 0.0264. The fourth-order valence-electron chi connectivity index (χ4n) is 4.02. The minimum Gasteiger partial charge on any atom is -0.484 e. The van der Waals surface area contributed by atoms with E-state index in [9.17, 15) is 9.59 Å². The Morgan fingerprint density at radius 3 is 2.81 bits per heavy atom. The molecule has 1 atom stereocenters. The Labute approximate surface area is 183 Å². The third-order valence-corrected chi connectivity index (χ3v) is 6.17. The number of likely N-dealkylation sites (tertiary alicyclic amines) is 1. The Kier molecular flexibility index (Phi) is 4.86. The van der Waals surface area contributed by atoms with Crippen molar-refractivity contribution in [1.82, 2.24) is 25.2 Å². The molecule has 0 saturated carbocycles. The molecule has 2 aromatic carbocycles. The highest BCUT2D eigenvalue weighted by Crippen LogP contribution is 2.31. The lowest BCUT2D eigenvalue weighted by Crippen LogP contribution is -2.35. The molecule has 1 N–H and O–H groups in total. The van der Waals surface area contributed by atoms with Gasteiger partial charge in [0.25, 0.3) is 11.8 Å². The Morgan fingerprint density at radius 1 is 1.16 bits per heavy atom. The SMILES string of the molecule is Cc1cc(OCC(=O)N2CC3=CN(C(=O)c4ccc5n[nH]nc5c4)C[C@@H]3C2)ccc1Cl. The maximum Gasteiger partial charge on any atom is 0.260 e.